The van der Waals surface area contributed by atoms with Crippen molar-refractivity contribution < 1.29 is 24.9 Å². The monoisotopic (exact) mass is 389 g/mol. The molecule has 1 N–H and O–H groups in total. The first-order valence-electron chi connectivity index (χ1n) is 13.1. The van der Waals surface area contributed by atoms with Crippen molar-refractivity contribution in [1.29, 1.82) is 0 Å². The van der Waals surface area contributed by atoms with E-state index in [2.05, 4.69) is 5.32 Å². The van der Waals surface area contributed by atoms with E-state index in [1.807, 2.05) is 0 Å². The fraction of sp³-hybridized carbons (Fsp3) is 0.409. The number of nitrogens with zero attached hydrogens (tertiary/aromatic N) is 2. The van der Waals surface area contributed by atoms with Crippen molar-refractivity contribution in [2.45, 2.75) is 24.8 Å². The highest BCUT2D eigenvalue weighted by molar-refractivity contribution is 6.03. The number of hydrogen-bond donors (Lipinski definition) is 1. The van der Waals surface area contributed by atoms with Crippen LogP contribution in [0.1, 0.15) is 35.2 Å². The number of benzene rings is 2. The largest absolute Gasteiger partial charge is 0.494 e. The van der Waals surface area contributed by atoms with Gasteiger partial charge in [-0.2, -0.15) is 0 Å². The number of para-hydroxylation sites is 1. The summed E-state index contributed by atoms with van der Waals surface area (Å²) in [6, 6.07) is 9.06. The van der Waals surface area contributed by atoms with Gasteiger partial charge in [-0.05, 0) is 48.7 Å². The van der Waals surface area contributed by atoms with Crippen molar-refractivity contribution in [3.63, 3.8) is 0 Å². The van der Waals surface area contributed by atoms with Crippen LogP contribution in [0.2, 0.25) is 0 Å². The quantitative estimate of drug-likeness (QED) is 0.853. The molecule has 0 aliphatic carbocycles. The molecule has 1 amide bonds. The fourth-order valence-corrected chi connectivity index (χ4v) is 4.14. The number of piperidine rings is 1. The number of rotatable bonds is 5. The first kappa shape index (κ1) is 10.8. The highest BCUT2D eigenvalue weighted by Gasteiger charge is 2.44. The molecule has 0 bridgehead atoms. The molecule has 2 atom stereocenters. The van der Waals surface area contributed by atoms with Crippen molar-refractivity contribution in [3.05, 3.63) is 53.8 Å². The molecule has 1 saturated heterocycles. The second kappa shape index (κ2) is 7.09. The van der Waals surface area contributed by atoms with Gasteiger partial charge in [0, 0.05) is 37.0 Å². The van der Waals surface area contributed by atoms with Crippen molar-refractivity contribution in [2.24, 2.45) is 0 Å². The molecule has 0 spiro atoms. The molecule has 3 aliphatic rings. The Kier molecular flexibility index (Phi) is 2.74. The molecule has 0 radical (unpaired) electrons. The van der Waals surface area contributed by atoms with E-state index in [0.717, 1.165) is 24.3 Å². The van der Waals surface area contributed by atoms with Crippen LogP contribution in [-0.2, 0) is 4.79 Å². The Morgan fingerprint density at radius 2 is 2.14 bits per heavy atom. The Balaban J connectivity index is 1.44. The molecule has 5 nitrogen and oxygen atoms in total. The van der Waals surface area contributed by atoms with Gasteiger partial charge in [-0.3, -0.25) is 4.79 Å². The van der Waals surface area contributed by atoms with E-state index in [4.69, 9.17) is 15.7 Å². The first-order chi connectivity index (χ1) is 16.7. The Labute approximate surface area is 175 Å². The summed E-state index contributed by atoms with van der Waals surface area (Å²) in [5, 5.41) is 2.59. The molecule has 28 heavy (non-hydrogen) atoms. The fourth-order valence-electron chi connectivity index (χ4n) is 4.14. The van der Waals surface area contributed by atoms with E-state index >= 15 is 0 Å². The predicted molar refractivity (Wildman–Crippen MR) is 107 cm³/mol. The molecule has 3 heterocycles. The van der Waals surface area contributed by atoms with Crippen LogP contribution in [0, 0.1) is 5.82 Å². The van der Waals surface area contributed by atoms with Gasteiger partial charge in [0.1, 0.15) is 11.6 Å². The number of fused-ring (bicyclic) bond motifs is 3. The third-order valence-electron chi connectivity index (χ3n) is 5.33. The summed E-state index contributed by atoms with van der Waals surface area (Å²) >= 11 is 0. The Morgan fingerprint density at radius 1 is 1.29 bits per heavy atom. The summed E-state index contributed by atoms with van der Waals surface area (Å²) in [7, 11) is 0. The number of nitrogens with one attached hydrogen (secondary N) is 1. The van der Waals surface area contributed by atoms with E-state index < -0.39 is 49.6 Å². The van der Waals surface area contributed by atoms with Crippen LogP contribution < -0.4 is 15.0 Å². The maximum atomic E-state index is 13.2. The maximum absolute atomic E-state index is 13.2. The van der Waals surface area contributed by atoms with Gasteiger partial charge >= 0.3 is 0 Å². The van der Waals surface area contributed by atoms with E-state index in [9.17, 15) is 9.18 Å². The molecule has 0 unspecified atom stereocenters. The number of amides is 1. The number of carbonyl (C=O) groups is 1. The van der Waals surface area contributed by atoms with Gasteiger partial charge in [-0.25, -0.2) is 4.39 Å². The van der Waals surface area contributed by atoms with E-state index in [1.54, 1.807) is 18.2 Å². The van der Waals surface area contributed by atoms with Gasteiger partial charge < -0.3 is 19.9 Å². The van der Waals surface area contributed by atoms with Crippen LogP contribution in [0.4, 0.5) is 15.8 Å². The lowest BCUT2D eigenvalue weighted by atomic mass is 9.89. The van der Waals surface area contributed by atoms with Gasteiger partial charge in [-0.1, -0.05) is 12.1 Å². The third kappa shape index (κ3) is 3.11. The second-order valence-electron chi connectivity index (χ2n) is 6.98. The lowest BCUT2D eigenvalue weighted by Gasteiger charge is -2.39. The summed E-state index contributed by atoms with van der Waals surface area (Å²) in [6.07, 6.45) is -2.94. The predicted octanol–water partition coefficient (Wildman–Crippen LogP) is 3.22. The van der Waals surface area contributed by atoms with Gasteiger partial charge in [0.2, 0.25) is 5.91 Å². The standard InChI is InChI=1S/C22H24FN3O2/c23-15-5-7-16(8-6-15)28-12-2-10-25-11-9-20-18(13-25)17-3-1-4-19-22(17)26(20)14-21(27)24-19/h1,3-8,18,20H,2,9-14H2,(H,24,27)/t18-,20-/m0/s1/i2D2,10D2,12D2,14D2. The summed E-state index contributed by atoms with van der Waals surface area (Å²) in [5.74, 6) is -1.95. The van der Waals surface area contributed by atoms with Gasteiger partial charge in [0.25, 0.3) is 0 Å². The Bertz CT molecular complexity index is 1210. The van der Waals surface area contributed by atoms with Crippen LogP contribution in [0.3, 0.4) is 0 Å². The normalized spacial score (nSPS) is 30.8. The summed E-state index contributed by atoms with van der Waals surface area (Å²) in [5.41, 5.74) is 1.72. The number of likely N-dealkylation sites (tertiary alicyclic amines) is 1. The number of halogens is 1. The Hall–Kier alpha value is -2.60. The minimum absolute atomic E-state index is 0.00216. The Morgan fingerprint density at radius 3 is 3.00 bits per heavy atom. The minimum atomic E-state index is -3.16. The molecule has 146 valence electrons. The third-order valence-corrected chi connectivity index (χ3v) is 5.33. The van der Waals surface area contributed by atoms with E-state index in [-0.39, 0.29) is 25.3 Å². The highest BCUT2D eigenvalue weighted by atomic mass is 19.1. The molecule has 3 aliphatic heterocycles. The lowest BCUT2D eigenvalue weighted by Crippen LogP contribution is -2.49. The average molecular weight is 389 g/mol. The average Bonchev–Trinajstić information content (AvgIpc) is 3.15. The van der Waals surface area contributed by atoms with Crippen LogP contribution in [-0.4, -0.2) is 49.5 Å². The molecule has 0 aromatic heterocycles. The van der Waals surface area contributed by atoms with Gasteiger partial charge in [0.15, 0.2) is 0 Å². The van der Waals surface area contributed by atoms with E-state index in [1.165, 1.54) is 9.80 Å². The zero-order chi connectivity index (χ0) is 26.3. The molecular formula is C22H24FN3O2. The van der Waals surface area contributed by atoms with Crippen molar-refractivity contribution in [2.75, 3.05) is 42.9 Å². The molecule has 2 aromatic rings. The number of carbonyl (C=O) groups excluding carboxylic acids is 1. The highest BCUT2D eigenvalue weighted by Crippen LogP contribution is 2.49. The van der Waals surface area contributed by atoms with Crippen molar-refractivity contribution in [1.82, 2.24) is 4.90 Å². The minimum Gasteiger partial charge on any atom is -0.494 e. The van der Waals surface area contributed by atoms with Crippen LogP contribution >= 0.6 is 0 Å². The summed E-state index contributed by atoms with van der Waals surface area (Å²) in [4.78, 5) is 15.1. The molecule has 5 rings (SSSR count). The molecule has 1 fully saturated rings. The molecular weight excluding hydrogens is 357 g/mol. The van der Waals surface area contributed by atoms with Gasteiger partial charge in [-0.15, -0.1) is 0 Å². The van der Waals surface area contributed by atoms with Crippen LogP contribution in [0.15, 0.2) is 42.5 Å². The number of ether oxygens (including phenoxy) is 1. The van der Waals surface area contributed by atoms with Crippen LogP contribution in [0.5, 0.6) is 5.75 Å². The summed E-state index contributed by atoms with van der Waals surface area (Å²) < 4.78 is 85.9. The molecule has 0 saturated carbocycles. The topological polar surface area (TPSA) is 44.8 Å². The number of hydrogen-bond acceptors (Lipinski definition) is 4. The maximum Gasteiger partial charge on any atom is 0.243 e. The second-order valence-corrected chi connectivity index (χ2v) is 6.98. The first-order valence-corrected chi connectivity index (χ1v) is 9.12. The number of anilines is 2. The van der Waals surface area contributed by atoms with Crippen molar-refractivity contribution in [3.8, 4) is 5.75 Å². The van der Waals surface area contributed by atoms with Gasteiger partial charge in [0.05, 0.1) is 29.9 Å². The zero-order valence-corrected chi connectivity index (χ0v) is 14.9. The van der Waals surface area contributed by atoms with Crippen molar-refractivity contribution >= 4 is 17.3 Å². The molecule has 6 heteroatoms. The lowest BCUT2D eigenvalue weighted by molar-refractivity contribution is -0.115. The summed E-state index contributed by atoms with van der Waals surface area (Å²) in [6.45, 7) is -8.29. The van der Waals surface area contributed by atoms with Crippen LogP contribution in [0.25, 0.3) is 0 Å². The SMILES string of the molecule is [2H]C1([2H])C(=O)Nc2cccc3c2N1[C@H]1CCN(C([2H])([2H])C([2H])([2H])C([2H])([2H])Oc2ccc(F)cc2)C[C@@H]31. The zero-order valence-electron chi connectivity index (χ0n) is 22.9. The van der Waals surface area contributed by atoms with E-state index in [0.29, 0.717) is 16.9 Å². The molecule has 2 aromatic carbocycles. The smallest absolute Gasteiger partial charge is 0.243 e.